The van der Waals surface area contributed by atoms with Crippen LogP contribution in [0.15, 0.2) is 36.4 Å². The van der Waals surface area contributed by atoms with Crippen LogP contribution in [0.5, 0.6) is 0 Å². The van der Waals surface area contributed by atoms with E-state index in [2.05, 4.69) is 22.8 Å². The maximum atomic E-state index is 11.7. The second kappa shape index (κ2) is 6.21. The van der Waals surface area contributed by atoms with Gasteiger partial charge in [0.2, 0.25) is 0 Å². The lowest BCUT2D eigenvalue weighted by molar-refractivity contribution is 0.236. The molecule has 0 atom stereocenters. The summed E-state index contributed by atoms with van der Waals surface area (Å²) in [4.78, 5) is 11.7. The molecule has 1 aromatic carbocycles. The molecule has 0 spiro atoms. The maximum Gasteiger partial charge on any atom is 0.315 e. The monoisotopic (exact) mass is 246 g/mol. The van der Waals surface area contributed by atoms with Gasteiger partial charge in [0.15, 0.2) is 0 Å². The van der Waals surface area contributed by atoms with Crippen LogP contribution in [-0.2, 0) is 13.2 Å². The molecule has 0 radical (unpaired) electrons. The first-order chi connectivity index (χ1) is 8.79. The summed E-state index contributed by atoms with van der Waals surface area (Å²) in [5.74, 6) is 0. The molecule has 1 aliphatic carbocycles. The van der Waals surface area contributed by atoms with Crippen molar-refractivity contribution < 1.29 is 9.90 Å². The normalized spacial score (nSPS) is 14.7. The largest absolute Gasteiger partial charge is 0.392 e. The van der Waals surface area contributed by atoms with Gasteiger partial charge in [-0.1, -0.05) is 36.4 Å². The number of hydrogen-bond donors (Lipinski definition) is 3. The van der Waals surface area contributed by atoms with E-state index in [1.165, 1.54) is 0 Å². The van der Waals surface area contributed by atoms with Crippen molar-refractivity contribution in [2.75, 3.05) is 0 Å². The molecule has 0 unspecified atom stereocenters. The molecule has 0 bridgehead atoms. The molecule has 0 aliphatic heterocycles. The number of carbonyl (C=O) groups excluding carboxylic acids is 1. The van der Waals surface area contributed by atoms with Crippen molar-refractivity contribution in [3.63, 3.8) is 0 Å². The van der Waals surface area contributed by atoms with Crippen LogP contribution in [0.3, 0.4) is 0 Å². The van der Waals surface area contributed by atoms with Crippen molar-refractivity contribution >= 4 is 6.03 Å². The lowest BCUT2D eigenvalue weighted by Gasteiger charge is -2.14. The highest BCUT2D eigenvalue weighted by atomic mass is 16.3. The zero-order chi connectivity index (χ0) is 12.8. The smallest absolute Gasteiger partial charge is 0.315 e. The number of benzene rings is 1. The van der Waals surface area contributed by atoms with Gasteiger partial charge in [-0.25, -0.2) is 4.79 Å². The van der Waals surface area contributed by atoms with Gasteiger partial charge < -0.3 is 15.7 Å². The van der Waals surface area contributed by atoms with Crippen molar-refractivity contribution in [2.45, 2.75) is 32.0 Å². The molecule has 2 rings (SSSR count). The Morgan fingerprint density at radius 1 is 1.22 bits per heavy atom. The molecule has 96 valence electrons. The van der Waals surface area contributed by atoms with Gasteiger partial charge in [-0.05, 0) is 24.0 Å². The number of nitrogens with one attached hydrogen (secondary N) is 2. The van der Waals surface area contributed by atoms with Crippen LogP contribution < -0.4 is 10.6 Å². The number of aliphatic hydroxyl groups excluding tert-OH is 1. The molecule has 4 nitrogen and oxygen atoms in total. The zero-order valence-corrected chi connectivity index (χ0v) is 10.2. The number of rotatable bonds is 4. The van der Waals surface area contributed by atoms with E-state index in [9.17, 15) is 9.90 Å². The third-order valence-electron chi connectivity index (χ3n) is 3.07. The van der Waals surface area contributed by atoms with Gasteiger partial charge in [0, 0.05) is 12.6 Å². The van der Waals surface area contributed by atoms with Crippen molar-refractivity contribution in [2.24, 2.45) is 0 Å². The second-order valence-corrected chi connectivity index (χ2v) is 4.39. The molecule has 0 saturated carbocycles. The van der Waals surface area contributed by atoms with Crippen LogP contribution in [0.25, 0.3) is 0 Å². The number of urea groups is 1. The Hall–Kier alpha value is -1.81. The van der Waals surface area contributed by atoms with Crippen LogP contribution in [-0.4, -0.2) is 17.2 Å². The third-order valence-corrected chi connectivity index (χ3v) is 3.07. The van der Waals surface area contributed by atoms with E-state index in [1.54, 1.807) is 0 Å². The van der Waals surface area contributed by atoms with E-state index in [0.717, 1.165) is 24.0 Å². The Morgan fingerprint density at radius 2 is 1.89 bits per heavy atom. The fourth-order valence-corrected chi connectivity index (χ4v) is 2.03. The maximum absolute atomic E-state index is 11.7. The standard InChI is InChI=1S/C14H18N2O2/c17-10-12-6-2-1-5-11(12)9-15-14(18)16-13-7-3-4-8-13/h1-6,13,17H,7-10H2,(H2,15,16,18). The molecule has 0 saturated heterocycles. The van der Waals surface area contributed by atoms with Gasteiger partial charge in [0.1, 0.15) is 0 Å². The first-order valence-corrected chi connectivity index (χ1v) is 6.16. The highest BCUT2D eigenvalue weighted by Crippen LogP contribution is 2.10. The fourth-order valence-electron chi connectivity index (χ4n) is 2.03. The Morgan fingerprint density at radius 3 is 2.56 bits per heavy atom. The summed E-state index contributed by atoms with van der Waals surface area (Å²) < 4.78 is 0. The Kier molecular flexibility index (Phi) is 4.36. The van der Waals surface area contributed by atoms with E-state index in [-0.39, 0.29) is 18.7 Å². The van der Waals surface area contributed by atoms with E-state index in [0.29, 0.717) is 6.54 Å². The lowest BCUT2D eigenvalue weighted by Crippen LogP contribution is -2.40. The molecule has 4 heteroatoms. The molecular weight excluding hydrogens is 228 g/mol. The van der Waals surface area contributed by atoms with Crippen molar-refractivity contribution in [1.82, 2.24) is 10.6 Å². The second-order valence-electron chi connectivity index (χ2n) is 4.39. The molecular formula is C14H18N2O2. The van der Waals surface area contributed by atoms with Gasteiger partial charge in [0.05, 0.1) is 6.61 Å². The van der Waals surface area contributed by atoms with E-state index < -0.39 is 0 Å². The van der Waals surface area contributed by atoms with Gasteiger partial charge in [-0.3, -0.25) is 0 Å². The zero-order valence-electron chi connectivity index (χ0n) is 10.2. The van der Waals surface area contributed by atoms with E-state index >= 15 is 0 Å². The quantitative estimate of drug-likeness (QED) is 0.708. The predicted octanol–water partition coefficient (Wildman–Crippen LogP) is 1.70. The summed E-state index contributed by atoms with van der Waals surface area (Å²) in [7, 11) is 0. The minimum absolute atomic E-state index is 0.00792. The van der Waals surface area contributed by atoms with Gasteiger partial charge in [-0.15, -0.1) is 0 Å². The number of carbonyl (C=O) groups is 1. The number of hydrogen-bond acceptors (Lipinski definition) is 2. The topological polar surface area (TPSA) is 61.4 Å². The molecule has 1 aliphatic rings. The first kappa shape index (κ1) is 12.6. The molecule has 1 aromatic rings. The summed E-state index contributed by atoms with van der Waals surface area (Å²) in [5.41, 5.74) is 1.79. The predicted molar refractivity (Wildman–Crippen MR) is 69.9 cm³/mol. The molecule has 2 amide bonds. The Balaban J connectivity index is 1.81. The van der Waals surface area contributed by atoms with Gasteiger partial charge >= 0.3 is 6.03 Å². The van der Waals surface area contributed by atoms with Crippen LogP contribution >= 0.6 is 0 Å². The average Bonchev–Trinajstić information content (AvgIpc) is 2.89. The van der Waals surface area contributed by atoms with Crippen molar-refractivity contribution in [3.05, 3.63) is 47.5 Å². The Bertz CT molecular complexity index is 435. The third kappa shape index (κ3) is 3.34. The van der Waals surface area contributed by atoms with Gasteiger partial charge in [0.25, 0.3) is 0 Å². The molecule has 3 N–H and O–H groups in total. The highest BCUT2D eigenvalue weighted by Gasteiger charge is 2.12. The number of aliphatic hydroxyl groups is 1. The number of amides is 2. The minimum Gasteiger partial charge on any atom is -0.392 e. The molecule has 0 heterocycles. The molecule has 0 fully saturated rings. The minimum atomic E-state index is -0.156. The van der Waals surface area contributed by atoms with E-state index in [4.69, 9.17) is 0 Å². The van der Waals surface area contributed by atoms with E-state index in [1.807, 2.05) is 24.3 Å². The van der Waals surface area contributed by atoms with Crippen LogP contribution in [0.4, 0.5) is 4.79 Å². The molecule has 18 heavy (non-hydrogen) atoms. The summed E-state index contributed by atoms with van der Waals surface area (Å²) in [6, 6.07) is 7.60. The van der Waals surface area contributed by atoms with Gasteiger partial charge in [-0.2, -0.15) is 0 Å². The lowest BCUT2D eigenvalue weighted by atomic mass is 10.1. The summed E-state index contributed by atoms with van der Waals surface area (Å²) in [5, 5.41) is 14.9. The highest BCUT2D eigenvalue weighted by molar-refractivity contribution is 5.74. The SMILES string of the molecule is O=C(NCc1ccccc1CO)NC1CC=CC1. The van der Waals surface area contributed by atoms with Crippen LogP contribution in [0.1, 0.15) is 24.0 Å². The average molecular weight is 246 g/mol. The van der Waals surface area contributed by atoms with Crippen LogP contribution in [0, 0.1) is 0 Å². The summed E-state index contributed by atoms with van der Waals surface area (Å²) in [6.45, 7) is 0.425. The molecule has 0 aromatic heterocycles. The summed E-state index contributed by atoms with van der Waals surface area (Å²) >= 11 is 0. The van der Waals surface area contributed by atoms with Crippen molar-refractivity contribution in [3.8, 4) is 0 Å². The van der Waals surface area contributed by atoms with Crippen molar-refractivity contribution in [1.29, 1.82) is 0 Å². The Labute approximate surface area is 107 Å². The summed E-state index contributed by atoms with van der Waals surface area (Å²) in [6.07, 6.45) is 5.96. The first-order valence-electron chi connectivity index (χ1n) is 6.16. The van der Waals surface area contributed by atoms with Crippen LogP contribution in [0.2, 0.25) is 0 Å². The fraction of sp³-hybridized carbons (Fsp3) is 0.357.